The van der Waals surface area contributed by atoms with Gasteiger partial charge in [-0.3, -0.25) is 9.10 Å². The summed E-state index contributed by atoms with van der Waals surface area (Å²) in [7, 11) is -4.34. The molecule has 0 unspecified atom stereocenters. The van der Waals surface area contributed by atoms with Gasteiger partial charge in [-0.05, 0) is 49.6 Å². The van der Waals surface area contributed by atoms with Gasteiger partial charge in [-0.2, -0.15) is 13.2 Å². The summed E-state index contributed by atoms with van der Waals surface area (Å²) in [5.74, 6) is -0.368. The standard InChI is InChI=1S/C24H30ClF3N2O3S/c1-4-6-7-18(5-2)15-29-23(31)16-30(34(32,33)20-11-8-17(3)9-12-20)19-10-13-22(25)21(14-19)24(26,27)28/h8-14,18H,4-7,15-16H2,1-3H3,(H,29,31)/t18-/m1/s1. The van der Waals surface area contributed by atoms with E-state index in [1.54, 1.807) is 19.1 Å². The number of amides is 1. The second-order valence-corrected chi connectivity index (χ2v) is 10.5. The predicted molar refractivity (Wildman–Crippen MR) is 128 cm³/mol. The molecule has 34 heavy (non-hydrogen) atoms. The Hall–Kier alpha value is -2.26. The number of halogens is 4. The number of rotatable bonds is 11. The minimum atomic E-state index is -4.79. The van der Waals surface area contributed by atoms with Crippen molar-refractivity contribution in [3.05, 3.63) is 58.6 Å². The quantitative estimate of drug-likeness (QED) is 0.385. The highest BCUT2D eigenvalue weighted by Crippen LogP contribution is 2.38. The molecule has 2 rings (SSSR count). The molecule has 0 fully saturated rings. The van der Waals surface area contributed by atoms with Crippen molar-refractivity contribution in [2.75, 3.05) is 17.4 Å². The van der Waals surface area contributed by atoms with Gasteiger partial charge in [-0.1, -0.05) is 62.4 Å². The summed E-state index contributed by atoms with van der Waals surface area (Å²) in [5.41, 5.74) is -0.668. The molecule has 0 aliphatic heterocycles. The van der Waals surface area contributed by atoms with Crippen LogP contribution >= 0.6 is 11.6 Å². The van der Waals surface area contributed by atoms with E-state index in [0.717, 1.165) is 43.4 Å². The van der Waals surface area contributed by atoms with E-state index >= 15 is 0 Å². The van der Waals surface area contributed by atoms with Crippen LogP contribution < -0.4 is 9.62 Å². The third-order valence-electron chi connectivity index (χ3n) is 5.57. The van der Waals surface area contributed by atoms with Gasteiger partial charge < -0.3 is 5.32 Å². The number of hydrogen-bond acceptors (Lipinski definition) is 3. The maximum Gasteiger partial charge on any atom is 0.417 e. The van der Waals surface area contributed by atoms with Gasteiger partial charge in [-0.15, -0.1) is 0 Å². The lowest BCUT2D eigenvalue weighted by Crippen LogP contribution is -2.42. The minimum Gasteiger partial charge on any atom is -0.354 e. The second-order valence-electron chi connectivity index (χ2n) is 8.21. The summed E-state index contributed by atoms with van der Waals surface area (Å²) in [6.45, 7) is 5.55. The van der Waals surface area contributed by atoms with Crippen molar-refractivity contribution >= 4 is 33.2 Å². The Morgan fingerprint density at radius 2 is 1.76 bits per heavy atom. The summed E-state index contributed by atoms with van der Waals surface area (Å²) >= 11 is 5.71. The third kappa shape index (κ3) is 7.37. The van der Waals surface area contributed by atoms with Crippen molar-refractivity contribution in [1.29, 1.82) is 0 Å². The Kier molecular flexibility index (Phi) is 9.82. The smallest absolute Gasteiger partial charge is 0.354 e. The number of unbranched alkanes of at least 4 members (excludes halogenated alkanes) is 1. The first-order valence-corrected chi connectivity index (χ1v) is 12.9. The fourth-order valence-electron chi connectivity index (χ4n) is 3.43. The van der Waals surface area contributed by atoms with Gasteiger partial charge in [0.15, 0.2) is 0 Å². The number of nitrogens with zero attached hydrogens (tertiary/aromatic N) is 1. The summed E-state index contributed by atoms with van der Waals surface area (Å²) in [6.07, 6.45) is -0.997. The van der Waals surface area contributed by atoms with Crippen molar-refractivity contribution < 1.29 is 26.4 Å². The molecule has 2 aromatic rings. The van der Waals surface area contributed by atoms with Crippen molar-refractivity contribution in [3.8, 4) is 0 Å². The lowest BCUT2D eigenvalue weighted by Gasteiger charge is -2.26. The van der Waals surface area contributed by atoms with E-state index in [-0.39, 0.29) is 16.5 Å². The number of hydrogen-bond donors (Lipinski definition) is 1. The monoisotopic (exact) mass is 518 g/mol. The number of nitrogens with one attached hydrogen (secondary N) is 1. The highest BCUT2D eigenvalue weighted by Gasteiger charge is 2.35. The molecule has 5 nitrogen and oxygen atoms in total. The van der Waals surface area contributed by atoms with E-state index in [1.165, 1.54) is 12.1 Å². The number of sulfonamides is 1. The second kappa shape index (κ2) is 11.9. The van der Waals surface area contributed by atoms with Crippen LogP contribution in [0.4, 0.5) is 18.9 Å². The molecule has 0 aliphatic rings. The number of alkyl halides is 3. The lowest BCUT2D eigenvalue weighted by atomic mass is 9.99. The number of carbonyl (C=O) groups excluding carboxylic acids is 1. The van der Waals surface area contributed by atoms with E-state index in [1.807, 2.05) is 6.92 Å². The summed E-state index contributed by atoms with van der Waals surface area (Å²) in [5, 5.41) is 2.18. The van der Waals surface area contributed by atoms with Gasteiger partial charge in [0.2, 0.25) is 5.91 Å². The van der Waals surface area contributed by atoms with Crippen LogP contribution in [-0.2, 0) is 21.0 Å². The van der Waals surface area contributed by atoms with Crippen molar-refractivity contribution in [2.24, 2.45) is 5.92 Å². The van der Waals surface area contributed by atoms with Gasteiger partial charge in [0.05, 0.1) is 21.2 Å². The first-order valence-electron chi connectivity index (χ1n) is 11.1. The Labute approximate surface area is 204 Å². The van der Waals surface area contributed by atoms with Crippen molar-refractivity contribution in [3.63, 3.8) is 0 Å². The Morgan fingerprint density at radius 1 is 1.12 bits per heavy atom. The van der Waals surface area contributed by atoms with Gasteiger partial charge in [0.25, 0.3) is 10.0 Å². The number of aryl methyl sites for hydroxylation is 1. The fraction of sp³-hybridized carbons (Fsp3) is 0.458. The number of benzene rings is 2. The minimum absolute atomic E-state index is 0.135. The average molecular weight is 519 g/mol. The van der Waals surface area contributed by atoms with Gasteiger partial charge in [-0.25, -0.2) is 8.42 Å². The molecule has 0 spiro atoms. The zero-order chi connectivity index (χ0) is 25.5. The van der Waals surface area contributed by atoms with E-state index in [0.29, 0.717) is 16.9 Å². The molecule has 0 saturated carbocycles. The first kappa shape index (κ1) is 28.0. The summed E-state index contributed by atoms with van der Waals surface area (Å²) in [6, 6.07) is 8.65. The molecule has 0 bridgehead atoms. The van der Waals surface area contributed by atoms with Crippen LogP contribution in [0.15, 0.2) is 47.4 Å². The van der Waals surface area contributed by atoms with Crippen LogP contribution in [0.1, 0.15) is 50.7 Å². The highest BCUT2D eigenvalue weighted by atomic mass is 35.5. The molecule has 0 aliphatic carbocycles. The van der Waals surface area contributed by atoms with Gasteiger partial charge >= 0.3 is 6.18 Å². The van der Waals surface area contributed by atoms with Crippen LogP contribution in [0.3, 0.4) is 0 Å². The first-order chi connectivity index (χ1) is 15.9. The number of anilines is 1. The molecular formula is C24H30ClF3N2O3S. The Morgan fingerprint density at radius 3 is 2.32 bits per heavy atom. The highest BCUT2D eigenvalue weighted by molar-refractivity contribution is 7.92. The van der Waals surface area contributed by atoms with E-state index in [9.17, 15) is 26.4 Å². The topological polar surface area (TPSA) is 66.5 Å². The molecular weight excluding hydrogens is 489 g/mol. The van der Waals surface area contributed by atoms with Crippen LogP contribution in [-0.4, -0.2) is 27.4 Å². The van der Waals surface area contributed by atoms with Gasteiger partial charge in [0.1, 0.15) is 6.54 Å². The molecule has 0 radical (unpaired) electrons. The molecule has 2 aromatic carbocycles. The summed E-state index contributed by atoms with van der Waals surface area (Å²) in [4.78, 5) is 12.6. The Balaban J connectivity index is 2.41. The average Bonchev–Trinajstić information content (AvgIpc) is 2.77. The molecule has 10 heteroatoms. The van der Waals surface area contributed by atoms with Crippen LogP contribution in [0.2, 0.25) is 5.02 Å². The summed E-state index contributed by atoms with van der Waals surface area (Å²) < 4.78 is 67.8. The molecule has 0 saturated heterocycles. The molecule has 0 heterocycles. The van der Waals surface area contributed by atoms with Crippen LogP contribution in [0.25, 0.3) is 0 Å². The number of carbonyl (C=O) groups is 1. The van der Waals surface area contributed by atoms with E-state index < -0.39 is 39.2 Å². The predicted octanol–water partition coefficient (Wildman–Crippen LogP) is 6.20. The maximum absolute atomic E-state index is 13.4. The van der Waals surface area contributed by atoms with E-state index in [4.69, 9.17) is 11.6 Å². The largest absolute Gasteiger partial charge is 0.417 e. The van der Waals surface area contributed by atoms with Crippen molar-refractivity contribution in [2.45, 2.75) is 57.5 Å². The van der Waals surface area contributed by atoms with E-state index in [2.05, 4.69) is 12.2 Å². The Bertz CT molecular complexity index is 1070. The zero-order valence-corrected chi connectivity index (χ0v) is 21.0. The molecule has 1 atom stereocenters. The normalized spacial score (nSPS) is 12.9. The molecule has 1 N–H and O–H groups in total. The SMILES string of the molecule is CCCC[C@@H](CC)CNC(=O)CN(c1ccc(Cl)c(C(F)(F)F)c1)S(=O)(=O)c1ccc(C)cc1. The van der Waals surface area contributed by atoms with Crippen molar-refractivity contribution in [1.82, 2.24) is 5.32 Å². The van der Waals surface area contributed by atoms with Crippen LogP contribution in [0, 0.1) is 12.8 Å². The van der Waals surface area contributed by atoms with Gasteiger partial charge in [0, 0.05) is 6.54 Å². The lowest BCUT2D eigenvalue weighted by molar-refractivity contribution is -0.137. The van der Waals surface area contributed by atoms with Crippen LogP contribution in [0.5, 0.6) is 0 Å². The third-order valence-corrected chi connectivity index (χ3v) is 7.69. The molecule has 1 amide bonds. The molecule has 188 valence electrons. The zero-order valence-electron chi connectivity index (χ0n) is 19.5. The maximum atomic E-state index is 13.4. The molecule has 0 aromatic heterocycles. The fourth-order valence-corrected chi connectivity index (χ4v) is 5.06.